The summed E-state index contributed by atoms with van der Waals surface area (Å²) in [6, 6.07) is 4.34. The summed E-state index contributed by atoms with van der Waals surface area (Å²) < 4.78 is 30.6. The van der Waals surface area contributed by atoms with Crippen molar-refractivity contribution in [1.29, 1.82) is 0 Å². The summed E-state index contributed by atoms with van der Waals surface area (Å²) in [5.41, 5.74) is 0.358. The van der Waals surface area contributed by atoms with Crippen LogP contribution in [0.25, 0.3) is 0 Å². The fraction of sp³-hybridized carbons (Fsp3) is 0.364. The van der Waals surface area contributed by atoms with Crippen molar-refractivity contribution in [2.45, 2.75) is 11.3 Å². The largest absolute Gasteiger partial charge is 0.482 e. The average Bonchev–Trinajstić information content (AvgIpc) is 2.92. The zero-order valence-corrected chi connectivity index (χ0v) is 10.8. The van der Waals surface area contributed by atoms with Crippen molar-refractivity contribution in [3.05, 3.63) is 18.2 Å². The van der Waals surface area contributed by atoms with Gasteiger partial charge in [-0.05, 0) is 24.6 Å². The molecule has 0 aromatic heterocycles. The predicted octanol–water partition coefficient (Wildman–Crippen LogP) is 0.343. The Bertz CT molecular complexity index is 622. The Morgan fingerprint density at radius 3 is 2.89 bits per heavy atom. The summed E-state index contributed by atoms with van der Waals surface area (Å²) in [4.78, 5) is 16.4. The smallest absolute Gasteiger partial charge is 0.265 e. The second-order valence-electron chi connectivity index (χ2n) is 4.21. The zero-order valence-electron chi connectivity index (χ0n) is 9.96. The number of anilines is 1. The van der Waals surface area contributed by atoms with Gasteiger partial charge in [-0.25, -0.2) is 8.42 Å². The van der Waals surface area contributed by atoms with Crippen molar-refractivity contribution in [3.8, 4) is 5.75 Å². The summed E-state index contributed by atoms with van der Waals surface area (Å²) in [6.45, 7) is 0.667. The normalized spacial score (nSPS) is 19.7. The van der Waals surface area contributed by atoms with E-state index in [1.807, 2.05) is 0 Å². The highest BCUT2D eigenvalue weighted by Crippen LogP contribution is 2.31. The predicted molar refractivity (Wildman–Crippen MR) is 65.0 cm³/mol. The molecule has 1 N–H and O–H groups in total. The Kier molecular flexibility index (Phi) is 2.92. The molecule has 2 aliphatic rings. The second kappa shape index (κ2) is 4.48. The van der Waals surface area contributed by atoms with Crippen LogP contribution in [0.4, 0.5) is 5.69 Å². The zero-order chi connectivity index (χ0) is 13.5. The van der Waals surface area contributed by atoms with Crippen LogP contribution in [0.1, 0.15) is 6.42 Å². The topological polar surface area (TPSA) is 84.9 Å². The molecule has 1 amide bonds. The molecule has 1 fully saturated rings. The first kappa shape index (κ1) is 12.4. The summed E-state index contributed by atoms with van der Waals surface area (Å²) in [6.07, 6.45) is 0.671. The van der Waals surface area contributed by atoms with Gasteiger partial charge in [-0.15, -0.1) is 0 Å². The van der Waals surface area contributed by atoms with Gasteiger partial charge in [-0.2, -0.15) is 0 Å². The Labute approximate surface area is 110 Å². The standard InChI is InChI=1S/C11H12N2O5S/c14-11-7-17-10-3-2-8(6-9(10)12-11)19(15,16)13-4-1-5-18-13/h2-3,6H,1,4-5,7H2,(H,12,14). The molecular formula is C11H12N2O5S. The number of ether oxygens (including phenoxy) is 1. The number of amides is 1. The van der Waals surface area contributed by atoms with Crippen LogP contribution in [0.3, 0.4) is 0 Å². The third-order valence-electron chi connectivity index (χ3n) is 2.87. The second-order valence-corrected chi connectivity index (χ2v) is 6.04. The maximum atomic E-state index is 12.2. The van der Waals surface area contributed by atoms with Crippen molar-refractivity contribution < 1.29 is 22.8 Å². The number of hydrogen-bond donors (Lipinski definition) is 1. The molecule has 2 aliphatic heterocycles. The first-order chi connectivity index (χ1) is 9.07. The van der Waals surface area contributed by atoms with Gasteiger partial charge in [0.1, 0.15) is 5.75 Å². The Morgan fingerprint density at radius 1 is 1.32 bits per heavy atom. The van der Waals surface area contributed by atoms with Gasteiger partial charge in [0.2, 0.25) is 0 Å². The molecule has 0 unspecified atom stereocenters. The summed E-state index contributed by atoms with van der Waals surface area (Å²) in [5, 5.41) is 2.58. The molecule has 3 rings (SSSR count). The van der Waals surface area contributed by atoms with Gasteiger partial charge in [0, 0.05) is 6.54 Å². The lowest BCUT2D eigenvalue weighted by Crippen LogP contribution is -2.28. The fourth-order valence-corrected chi connectivity index (χ4v) is 3.28. The van der Waals surface area contributed by atoms with Gasteiger partial charge in [0.05, 0.1) is 17.2 Å². The van der Waals surface area contributed by atoms with Crippen molar-refractivity contribution in [1.82, 2.24) is 4.47 Å². The van der Waals surface area contributed by atoms with E-state index in [0.29, 0.717) is 31.0 Å². The molecular weight excluding hydrogens is 272 g/mol. The van der Waals surface area contributed by atoms with E-state index in [1.54, 1.807) is 0 Å². The first-order valence-electron chi connectivity index (χ1n) is 5.80. The molecule has 102 valence electrons. The van der Waals surface area contributed by atoms with Crippen molar-refractivity contribution in [2.75, 3.05) is 25.1 Å². The molecule has 0 atom stereocenters. The van der Waals surface area contributed by atoms with E-state index < -0.39 is 10.0 Å². The minimum atomic E-state index is -3.69. The van der Waals surface area contributed by atoms with Crippen LogP contribution in [-0.2, 0) is 19.7 Å². The Hall–Kier alpha value is -1.64. The van der Waals surface area contributed by atoms with Crippen LogP contribution in [0.2, 0.25) is 0 Å². The molecule has 7 nitrogen and oxygen atoms in total. The number of rotatable bonds is 2. The van der Waals surface area contributed by atoms with Gasteiger partial charge in [-0.3, -0.25) is 9.63 Å². The van der Waals surface area contributed by atoms with Gasteiger partial charge >= 0.3 is 0 Å². The van der Waals surface area contributed by atoms with Gasteiger partial charge in [0.15, 0.2) is 6.61 Å². The van der Waals surface area contributed by atoms with E-state index in [-0.39, 0.29) is 17.4 Å². The molecule has 0 bridgehead atoms. The van der Waals surface area contributed by atoms with Gasteiger partial charge in [0.25, 0.3) is 15.9 Å². The van der Waals surface area contributed by atoms with Crippen molar-refractivity contribution in [3.63, 3.8) is 0 Å². The number of carbonyl (C=O) groups is 1. The van der Waals surface area contributed by atoms with Gasteiger partial charge < -0.3 is 10.1 Å². The summed E-state index contributed by atoms with van der Waals surface area (Å²) in [5.74, 6) is 0.153. The number of hydrogen-bond acceptors (Lipinski definition) is 5. The average molecular weight is 284 g/mol. The molecule has 0 saturated carbocycles. The highest BCUT2D eigenvalue weighted by atomic mass is 32.2. The number of fused-ring (bicyclic) bond motifs is 1. The highest BCUT2D eigenvalue weighted by molar-refractivity contribution is 7.89. The molecule has 2 heterocycles. The number of carbonyl (C=O) groups excluding carboxylic acids is 1. The lowest BCUT2D eigenvalue weighted by molar-refractivity contribution is -0.118. The van der Waals surface area contributed by atoms with Crippen LogP contribution < -0.4 is 10.1 Å². The van der Waals surface area contributed by atoms with Crippen LogP contribution in [0.15, 0.2) is 23.1 Å². The third-order valence-corrected chi connectivity index (χ3v) is 4.54. The minimum absolute atomic E-state index is 0.0612. The molecule has 8 heteroatoms. The quantitative estimate of drug-likeness (QED) is 0.846. The van der Waals surface area contributed by atoms with Crippen molar-refractivity contribution in [2.24, 2.45) is 0 Å². The molecule has 0 radical (unpaired) electrons. The molecule has 1 aromatic carbocycles. The summed E-state index contributed by atoms with van der Waals surface area (Å²) >= 11 is 0. The SMILES string of the molecule is O=C1COc2ccc(S(=O)(=O)N3CCCO3)cc2N1. The molecule has 0 aliphatic carbocycles. The van der Waals surface area contributed by atoms with Crippen molar-refractivity contribution >= 4 is 21.6 Å². The van der Waals surface area contributed by atoms with Crippen LogP contribution in [0.5, 0.6) is 5.75 Å². The lowest BCUT2D eigenvalue weighted by atomic mass is 10.2. The van der Waals surface area contributed by atoms with E-state index in [2.05, 4.69) is 5.32 Å². The Morgan fingerprint density at radius 2 is 2.16 bits per heavy atom. The molecule has 1 saturated heterocycles. The maximum Gasteiger partial charge on any atom is 0.265 e. The first-order valence-corrected chi connectivity index (χ1v) is 7.24. The lowest BCUT2D eigenvalue weighted by Gasteiger charge is -2.20. The maximum absolute atomic E-state index is 12.2. The number of nitrogens with zero attached hydrogens (tertiary/aromatic N) is 1. The number of sulfonamides is 1. The summed E-state index contributed by atoms with van der Waals surface area (Å²) in [7, 11) is -3.69. The fourth-order valence-electron chi connectivity index (χ4n) is 1.95. The van der Waals surface area contributed by atoms with E-state index in [9.17, 15) is 13.2 Å². The number of hydroxylamine groups is 1. The van der Waals surface area contributed by atoms with E-state index in [0.717, 1.165) is 4.47 Å². The monoisotopic (exact) mass is 284 g/mol. The van der Waals surface area contributed by atoms with E-state index >= 15 is 0 Å². The molecule has 19 heavy (non-hydrogen) atoms. The minimum Gasteiger partial charge on any atom is -0.482 e. The molecule has 1 aromatic rings. The molecule has 0 spiro atoms. The number of benzene rings is 1. The van der Waals surface area contributed by atoms with Crippen LogP contribution >= 0.6 is 0 Å². The third kappa shape index (κ3) is 2.18. The van der Waals surface area contributed by atoms with Crippen LogP contribution in [-0.4, -0.2) is 38.6 Å². The number of nitrogens with one attached hydrogen (secondary N) is 1. The van der Waals surface area contributed by atoms with Gasteiger partial charge in [-0.1, -0.05) is 4.47 Å². The Balaban J connectivity index is 1.97. The van der Waals surface area contributed by atoms with E-state index in [4.69, 9.17) is 9.57 Å². The van der Waals surface area contributed by atoms with E-state index in [1.165, 1.54) is 18.2 Å². The van der Waals surface area contributed by atoms with Crippen LogP contribution in [0, 0.1) is 0 Å². The highest BCUT2D eigenvalue weighted by Gasteiger charge is 2.30.